The second kappa shape index (κ2) is 5.36. The molecule has 1 aromatic carbocycles. The minimum Gasteiger partial charge on any atom is -0.263 e. The van der Waals surface area contributed by atoms with Crippen molar-refractivity contribution in [3.05, 3.63) is 52.1 Å². The summed E-state index contributed by atoms with van der Waals surface area (Å²) >= 11 is 11.6. The molecule has 0 saturated carbocycles. The molecule has 4 nitrogen and oxygen atoms in total. The predicted octanol–water partition coefficient (Wildman–Crippen LogP) is 3.50. The fourth-order valence-corrected chi connectivity index (χ4v) is 3.20. The summed E-state index contributed by atoms with van der Waals surface area (Å²) in [5.74, 6) is 0.159. The Balaban J connectivity index is 2.41. The van der Waals surface area contributed by atoms with Crippen molar-refractivity contribution in [3.8, 4) is 0 Å². The van der Waals surface area contributed by atoms with Gasteiger partial charge >= 0.3 is 0 Å². The second-order valence-electron chi connectivity index (χ2n) is 3.81. The van der Waals surface area contributed by atoms with Crippen LogP contribution in [-0.2, 0) is 10.0 Å². The highest BCUT2D eigenvalue weighted by atomic mass is 35.5. The van der Waals surface area contributed by atoms with Gasteiger partial charge in [-0.05, 0) is 36.8 Å². The molecule has 2 rings (SSSR count). The van der Waals surface area contributed by atoms with E-state index >= 15 is 0 Å². The summed E-state index contributed by atoms with van der Waals surface area (Å²) in [4.78, 5) is 3.99. The first-order valence-electron chi connectivity index (χ1n) is 5.30. The molecular weight excluding hydrogens is 307 g/mol. The van der Waals surface area contributed by atoms with Crippen LogP contribution in [0.15, 0.2) is 41.3 Å². The number of benzene rings is 1. The largest absolute Gasteiger partial charge is 0.263 e. The summed E-state index contributed by atoms with van der Waals surface area (Å²) < 4.78 is 26.8. The van der Waals surface area contributed by atoms with Crippen LogP contribution in [0.25, 0.3) is 0 Å². The minimum atomic E-state index is -3.74. The Morgan fingerprint density at radius 2 is 1.79 bits per heavy atom. The van der Waals surface area contributed by atoms with Crippen LogP contribution in [0.4, 0.5) is 5.82 Å². The third kappa shape index (κ3) is 3.18. The molecule has 0 atom stereocenters. The lowest BCUT2D eigenvalue weighted by Crippen LogP contribution is -2.15. The third-order valence-corrected chi connectivity index (χ3v) is 4.58. The summed E-state index contributed by atoms with van der Waals surface area (Å²) in [5.41, 5.74) is 0.485. The van der Waals surface area contributed by atoms with Crippen LogP contribution < -0.4 is 4.72 Å². The molecule has 7 heteroatoms. The van der Waals surface area contributed by atoms with Crippen molar-refractivity contribution in [1.29, 1.82) is 0 Å². The van der Waals surface area contributed by atoms with Crippen molar-refractivity contribution in [2.24, 2.45) is 0 Å². The van der Waals surface area contributed by atoms with Crippen molar-refractivity contribution in [1.82, 2.24) is 4.98 Å². The van der Waals surface area contributed by atoms with Crippen molar-refractivity contribution in [2.45, 2.75) is 11.8 Å². The zero-order valence-corrected chi connectivity index (χ0v) is 12.2. The smallest absolute Gasteiger partial charge is 0.263 e. The van der Waals surface area contributed by atoms with Gasteiger partial charge in [-0.2, -0.15) is 0 Å². The zero-order valence-electron chi connectivity index (χ0n) is 9.89. The molecule has 0 fully saturated rings. The molecule has 1 aromatic heterocycles. The van der Waals surface area contributed by atoms with E-state index in [1.165, 1.54) is 12.1 Å². The van der Waals surface area contributed by atoms with Crippen LogP contribution in [0.1, 0.15) is 5.56 Å². The molecular formula is C12H10Cl2N2O2S. The van der Waals surface area contributed by atoms with Crippen LogP contribution in [0.5, 0.6) is 0 Å². The summed E-state index contributed by atoms with van der Waals surface area (Å²) in [6.07, 6.45) is 0. The number of nitrogens with one attached hydrogen (secondary N) is 1. The molecule has 0 aliphatic carbocycles. The molecule has 0 spiro atoms. The van der Waals surface area contributed by atoms with Gasteiger partial charge in [-0.3, -0.25) is 4.72 Å². The highest BCUT2D eigenvalue weighted by Gasteiger charge is 2.18. The lowest BCUT2D eigenvalue weighted by atomic mass is 10.2. The van der Waals surface area contributed by atoms with E-state index in [9.17, 15) is 8.42 Å². The van der Waals surface area contributed by atoms with E-state index in [-0.39, 0.29) is 15.9 Å². The van der Waals surface area contributed by atoms with Gasteiger partial charge in [-0.25, -0.2) is 13.4 Å². The van der Waals surface area contributed by atoms with Crippen molar-refractivity contribution in [2.75, 3.05) is 4.72 Å². The van der Waals surface area contributed by atoms with Gasteiger partial charge in [-0.15, -0.1) is 0 Å². The molecule has 0 bridgehead atoms. The van der Waals surface area contributed by atoms with E-state index in [0.29, 0.717) is 10.6 Å². The summed E-state index contributed by atoms with van der Waals surface area (Å²) in [6.45, 7) is 1.64. The maximum Gasteiger partial charge on any atom is 0.263 e. The Bertz CT molecular complexity index is 717. The normalized spacial score (nSPS) is 11.3. The lowest BCUT2D eigenvalue weighted by molar-refractivity contribution is 0.600. The molecule has 0 radical (unpaired) electrons. The van der Waals surface area contributed by atoms with Crippen LogP contribution in [-0.4, -0.2) is 13.4 Å². The topological polar surface area (TPSA) is 59.1 Å². The second-order valence-corrected chi connectivity index (χ2v) is 6.26. The van der Waals surface area contributed by atoms with Crippen LogP contribution in [0.2, 0.25) is 10.2 Å². The number of sulfonamides is 1. The van der Waals surface area contributed by atoms with E-state index < -0.39 is 10.0 Å². The van der Waals surface area contributed by atoms with Gasteiger partial charge in [-0.1, -0.05) is 35.3 Å². The number of aromatic nitrogens is 1. The maximum atomic E-state index is 12.2. The Labute approximate surface area is 121 Å². The van der Waals surface area contributed by atoms with Crippen molar-refractivity contribution < 1.29 is 8.42 Å². The van der Waals surface area contributed by atoms with Gasteiger partial charge in [0.1, 0.15) is 11.0 Å². The molecule has 19 heavy (non-hydrogen) atoms. The van der Waals surface area contributed by atoms with Crippen molar-refractivity contribution in [3.63, 3.8) is 0 Å². The molecule has 0 aliphatic rings. The van der Waals surface area contributed by atoms with E-state index in [2.05, 4.69) is 9.71 Å². The average molecular weight is 317 g/mol. The molecule has 1 N–H and O–H groups in total. The van der Waals surface area contributed by atoms with E-state index in [4.69, 9.17) is 23.2 Å². The minimum absolute atomic E-state index is 0.113. The molecule has 0 unspecified atom stereocenters. The number of hydrogen-bond acceptors (Lipinski definition) is 3. The first kappa shape index (κ1) is 14.1. The number of pyridine rings is 1. The average Bonchev–Trinajstić information content (AvgIpc) is 2.32. The van der Waals surface area contributed by atoms with Crippen LogP contribution in [0, 0.1) is 6.92 Å². The molecule has 0 amide bonds. The number of rotatable bonds is 3. The van der Waals surface area contributed by atoms with Crippen LogP contribution in [0.3, 0.4) is 0 Å². The van der Waals surface area contributed by atoms with E-state index in [1.807, 2.05) is 0 Å². The van der Waals surface area contributed by atoms with E-state index in [1.54, 1.807) is 31.2 Å². The quantitative estimate of drug-likeness (QED) is 0.882. The Morgan fingerprint density at radius 3 is 2.47 bits per heavy atom. The number of anilines is 1. The summed E-state index contributed by atoms with van der Waals surface area (Å²) in [7, 11) is -3.74. The molecule has 0 saturated heterocycles. The monoisotopic (exact) mass is 316 g/mol. The zero-order chi connectivity index (χ0) is 14.0. The molecule has 1 heterocycles. The fraction of sp³-hybridized carbons (Fsp3) is 0.0833. The number of halogens is 2. The van der Waals surface area contributed by atoms with Gasteiger partial charge in [0.15, 0.2) is 0 Å². The first-order chi connectivity index (χ1) is 8.90. The molecule has 0 aliphatic heterocycles. The van der Waals surface area contributed by atoms with Crippen molar-refractivity contribution >= 4 is 39.0 Å². The Kier molecular flexibility index (Phi) is 3.99. The SMILES string of the molecule is Cc1c(Cl)cccc1S(=O)(=O)Nc1cccc(Cl)n1. The van der Waals surface area contributed by atoms with Gasteiger partial charge in [0.25, 0.3) is 10.0 Å². The summed E-state index contributed by atoms with van der Waals surface area (Å²) in [5, 5.41) is 0.602. The molecule has 2 aromatic rings. The lowest BCUT2D eigenvalue weighted by Gasteiger charge is -2.10. The fourth-order valence-electron chi connectivity index (χ4n) is 1.54. The first-order valence-corrected chi connectivity index (χ1v) is 7.54. The van der Waals surface area contributed by atoms with Crippen LogP contribution >= 0.6 is 23.2 Å². The summed E-state index contributed by atoms with van der Waals surface area (Å²) in [6, 6.07) is 9.38. The Hall–Kier alpha value is -1.30. The van der Waals surface area contributed by atoms with Gasteiger partial charge in [0.05, 0.1) is 4.90 Å². The number of hydrogen-bond donors (Lipinski definition) is 1. The Morgan fingerprint density at radius 1 is 1.11 bits per heavy atom. The highest BCUT2D eigenvalue weighted by Crippen LogP contribution is 2.24. The predicted molar refractivity (Wildman–Crippen MR) is 76.2 cm³/mol. The number of nitrogens with zero attached hydrogens (tertiary/aromatic N) is 1. The molecule has 100 valence electrons. The maximum absolute atomic E-state index is 12.2. The van der Waals surface area contributed by atoms with Gasteiger partial charge < -0.3 is 0 Å². The standard InChI is InChI=1S/C12H10Cl2N2O2S/c1-8-9(13)4-2-5-10(8)19(17,18)16-12-7-3-6-11(14)15-12/h2-7H,1H3,(H,15,16). The highest BCUT2D eigenvalue weighted by molar-refractivity contribution is 7.92. The van der Waals surface area contributed by atoms with E-state index in [0.717, 1.165) is 0 Å². The van der Waals surface area contributed by atoms with Gasteiger partial charge in [0.2, 0.25) is 0 Å². The van der Waals surface area contributed by atoms with Gasteiger partial charge in [0, 0.05) is 5.02 Å². The third-order valence-electron chi connectivity index (χ3n) is 2.46.